The van der Waals surface area contributed by atoms with Crippen LogP contribution in [0.5, 0.6) is 0 Å². The summed E-state index contributed by atoms with van der Waals surface area (Å²) in [6.45, 7) is 1.60. The molecule has 0 radical (unpaired) electrons. The first-order chi connectivity index (χ1) is 12.1. The summed E-state index contributed by atoms with van der Waals surface area (Å²) >= 11 is 5.91. The van der Waals surface area contributed by atoms with Gasteiger partial charge in [0.25, 0.3) is 5.91 Å². The lowest BCUT2D eigenvalue weighted by molar-refractivity contribution is 0.0711. The van der Waals surface area contributed by atoms with E-state index in [1.165, 1.54) is 16.6 Å². The number of halogens is 1. The topological polar surface area (TPSA) is 25.2 Å². The molecule has 1 aliphatic rings. The van der Waals surface area contributed by atoms with Crippen LogP contribution in [-0.2, 0) is 7.05 Å². The van der Waals surface area contributed by atoms with Crippen LogP contribution >= 0.6 is 11.6 Å². The molecular formula is C21H21ClN2O. The third-order valence-corrected chi connectivity index (χ3v) is 5.53. The predicted octanol–water partition coefficient (Wildman–Crippen LogP) is 4.85. The summed E-state index contributed by atoms with van der Waals surface area (Å²) in [6, 6.07) is 18.0. The van der Waals surface area contributed by atoms with Gasteiger partial charge in [-0.25, -0.2) is 0 Å². The third-order valence-electron chi connectivity index (χ3n) is 5.28. The Bertz CT molecular complexity index is 905. The van der Waals surface area contributed by atoms with Gasteiger partial charge in [0.2, 0.25) is 0 Å². The molecule has 128 valence electrons. The van der Waals surface area contributed by atoms with Gasteiger partial charge in [-0.05, 0) is 54.6 Å². The number of amides is 1. The van der Waals surface area contributed by atoms with Crippen LogP contribution in [0.1, 0.15) is 34.8 Å². The van der Waals surface area contributed by atoms with E-state index in [4.69, 9.17) is 11.6 Å². The number of aromatic nitrogens is 1. The maximum atomic E-state index is 12.6. The van der Waals surface area contributed by atoms with Crippen LogP contribution in [-0.4, -0.2) is 28.5 Å². The van der Waals surface area contributed by atoms with Crippen molar-refractivity contribution in [1.82, 2.24) is 9.47 Å². The monoisotopic (exact) mass is 352 g/mol. The SMILES string of the molecule is Cn1c(C2CCN(C(=O)c3ccc(Cl)cc3)CC2)cc2ccccc21. The Labute approximate surface area is 152 Å². The molecule has 0 aliphatic carbocycles. The van der Waals surface area contributed by atoms with Crippen LogP contribution in [0.3, 0.4) is 0 Å². The molecule has 1 aromatic heterocycles. The first kappa shape index (κ1) is 16.2. The lowest BCUT2D eigenvalue weighted by Gasteiger charge is -2.32. The van der Waals surface area contributed by atoms with Crippen molar-refractivity contribution >= 4 is 28.4 Å². The number of aryl methyl sites for hydroxylation is 1. The highest BCUT2D eigenvalue weighted by Gasteiger charge is 2.26. The van der Waals surface area contributed by atoms with E-state index >= 15 is 0 Å². The van der Waals surface area contributed by atoms with Crippen LogP contribution in [0.25, 0.3) is 10.9 Å². The summed E-state index contributed by atoms with van der Waals surface area (Å²) in [5.41, 5.74) is 3.37. The predicted molar refractivity (Wildman–Crippen MR) is 102 cm³/mol. The Balaban J connectivity index is 1.48. The first-order valence-electron chi connectivity index (χ1n) is 8.72. The molecule has 0 atom stereocenters. The van der Waals surface area contributed by atoms with E-state index < -0.39 is 0 Å². The Morgan fingerprint density at radius 3 is 2.40 bits per heavy atom. The smallest absolute Gasteiger partial charge is 0.253 e. The lowest BCUT2D eigenvalue weighted by Crippen LogP contribution is -2.38. The molecular weight excluding hydrogens is 332 g/mol. The van der Waals surface area contributed by atoms with Crippen molar-refractivity contribution in [1.29, 1.82) is 0 Å². The number of benzene rings is 2. The minimum Gasteiger partial charge on any atom is -0.347 e. The van der Waals surface area contributed by atoms with Gasteiger partial charge in [-0.1, -0.05) is 29.8 Å². The molecule has 25 heavy (non-hydrogen) atoms. The summed E-state index contributed by atoms with van der Waals surface area (Å²) < 4.78 is 2.30. The second-order valence-electron chi connectivity index (χ2n) is 6.76. The minimum absolute atomic E-state index is 0.104. The Morgan fingerprint density at radius 1 is 1.04 bits per heavy atom. The fourth-order valence-corrected chi connectivity index (χ4v) is 3.98. The Kier molecular flexibility index (Phi) is 4.26. The van der Waals surface area contributed by atoms with Crippen molar-refractivity contribution in [3.8, 4) is 0 Å². The average molecular weight is 353 g/mol. The number of likely N-dealkylation sites (tertiary alicyclic amines) is 1. The van der Waals surface area contributed by atoms with E-state index in [1.807, 2.05) is 4.90 Å². The molecule has 3 aromatic rings. The standard InChI is InChI=1S/C21H21ClN2O/c1-23-19-5-3-2-4-17(19)14-20(23)15-10-12-24(13-11-15)21(25)16-6-8-18(22)9-7-16/h2-9,14-15H,10-13H2,1H3. The van der Waals surface area contributed by atoms with Crippen LogP contribution in [0.4, 0.5) is 0 Å². The number of hydrogen-bond donors (Lipinski definition) is 0. The minimum atomic E-state index is 0.104. The highest BCUT2D eigenvalue weighted by atomic mass is 35.5. The van der Waals surface area contributed by atoms with Crippen LogP contribution in [0.15, 0.2) is 54.6 Å². The van der Waals surface area contributed by atoms with Gasteiger partial charge in [-0.15, -0.1) is 0 Å². The van der Waals surface area contributed by atoms with Gasteiger partial charge in [-0.2, -0.15) is 0 Å². The molecule has 1 saturated heterocycles. The van der Waals surface area contributed by atoms with Crippen LogP contribution < -0.4 is 0 Å². The number of nitrogens with zero attached hydrogens (tertiary/aromatic N) is 2. The molecule has 0 unspecified atom stereocenters. The summed E-state index contributed by atoms with van der Waals surface area (Å²) in [7, 11) is 2.14. The zero-order valence-electron chi connectivity index (χ0n) is 14.3. The van der Waals surface area contributed by atoms with E-state index in [9.17, 15) is 4.79 Å². The fourth-order valence-electron chi connectivity index (χ4n) is 3.86. The number of fused-ring (bicyclic) bond motifs is 1. The van der Waals surface area contributed by atoms with Crippen molar-refractivity contribution in [2.75, 3.05) is 13.1 Å². The van der Waals surface area contributed by atoms with Crippen LogP contribution in [0.2, 0.25) is 5.02 Å². The number of hydrogen-bond acceptors (Lipinski definition) is 1. The molecule has 4 rings (SSSR count). The van der Waals surface area contributed by atoms with Crippen molar-refractivity contribution in [3.63, 3.8) is 0 Å². The lowest BCUT2D eigenvalue weighted by atomic mass is 9.93. The summed E-state index contributed by atoms with van der Waals surface area (Å²) in [5.74, 6) is 0.610. The largest absolute Gasteiger partial charge is 0.347 e. The van der Waals surface area contributed by atoms with Gasteiger partial charge in [0.1, 0.15) is 0 Å². The quantitative estimate of drug-likeness (QED) is 0.647. The first-order valence-corrected chi connectivity index (χ1v) is 9.10. The molecule has 0 saturated carbocycles. The Hall–Kier alpha value is -2.26. The van der Waals surface area contributed by atoms with Gasteiger partial charge in [0.05, 0.1) is 0 Å². The zero-order chi connectivity index (χ0) is 17.4. The van der Waals surface area contributed by atoms with Gasteiger partial charge in [0.15, 0.2) is 0 Å². The summed E-state index contributed by atoms with van der Waals surface area (Å²) in [6.07, 6.45) is 2.01. The molecule has 2 heterocycles. The Morgan fingerprint density at radius 2 is 1.72 bits per heavy atom. The van der Waals surface area contributed by atoms with Crippen molar-refractivity contribution in [2.45, 2.75) is 18.8 Å². The van der Waals surface area contributed by atoms with Crippen LogP contribution in [0, 0.1) is 0 Å². The summed E-state index contributed by atoms with van der Waals surface area (Å²) in [4.78, 5) is 14.6. The van der Waals surface area contributed by atoms with Crippen molar-refractivity contribution in [2.24, 2.45) is 7.05 Å². The molecule has 1 fully saturated rings. The highest BCUT2D eigenvalue weighted by molar-refractivity contribution is 6.30. The molecule has 4 heteroatoms. The average Bonchev–Trinajstić information content (AvgIpc) is 2.99. The normalized spacial score (nSPS) is 15.7. The van der Waals surface area contributed by atoms with Crippen molar-refractivity contribution in [3.05, 3.63) is 70.9 Å². The second-order valence-corrected chi connectivity index (χ2v) is 7.20. The van der Waals surface area contributed by atoms with Gasteiger partial charge < -0.3 is 9.47 Å². The van der Waals surface area contributed by atoms with Crippen molar-refractivity contribution < 1.29 is 4.79 Å². The maximum Gasteiger partial charge on any atom is 0.253 e. The third kappa shape index (κ3) is 3.05. The van der Waals surface area contributed by atoms with Gasteiger partial charge in [0, 0.05) is 47.9 Å². The molecule has 1 amide bonds. The number of rotatable bonds is 2. The molecule has 3 nitrogen and oxygen atoms in total. The summed E-state index contributed by atoms with van der Waals surface area (Å²) in [5, 5.41) is 1.95. The van der Waals surface area contributed by atoms with E-state index in [0.717, 1.165) is 25.9 Å². The van der Waals surface area contributed by atoms with E-state index in [0.29, 0.717) is 16.5 Å². The number of para-hydroxylation sites is 1. The molecule has 2 aromatic carbocycles. The number of carbonyl (C=O) groups excluding carboxylic acids is 1. The highest BCUT2D eigenvalue weighted by Crippen LogP contribution is 2.32. The van der Waals surface area contributed by atoms with E-state index in [2.05, 4.69) is 41.9 Å². The molecule has 0 spiro atoms. The van der Waals surface area contributed by atoms with E-state index in [1.54, 1.807) is 24.3 Å². The second kappa shape index (κ2) is 6.57. The molecule has 0 N–H and O–H groups in total. The fraction of sp³-hybridized carbons (Fsp3) is 0.286. The molecule has 0 bridgehead atoms. The number of piperidine rings is 1. The number of carbonyl (C=O) groups is 1. The van der Waals surface area contributed by atoms with E-state index in [-0.39, 0.29) is 5.91 Å². The molecule has 1 aliphatic heterocycles. The van der Waals surface area contributed by atoms with Gasteiger partial charge >= 0.3 is 0 Å². The maximum absolute atomic E-state index is 12.6. The van der Waals surface area contributed by atoms with Gasteiger partial charge in [-0.3, -0.25) is 4.79 Å². The zero-order valence-corrected chi connectivity index (χ0v) is 15.0.